The molecule has 6 atom stereocenters. The maximum absolute atomic E-state index is 14.1. The number of benzene rings is 2. The Kier molecular flexibility index (Phi) is 7.19. The molecule has 0 radical (unpaired) electrons. The summed E-state index contributed by atoms with van der Waals surface area (Å²) in [6.07, 6.45) is 1.82. The van der Waals surface area contributed by atoms with Crippen molar-refractivity contribution in [3.63, 3.8) is 0 Å². The number of fused-ring (bicyclic) bond motifs is 4. The number of methoxy groups -OCH3 is 2. The van der Waals surface area contributed by atoms with Crippen LogP contribution < -0.4 is 14.4 Å². The van der Waals surface area contributed by atoms with Gasteiger partial charge in [-0.25, -0.2) is 0 Å². The number of amides is 4. The van der Waals surface area contributed by atoms with Crippen LogP contribution in [0, 0.1) is 17.8 Å². The number of halogens is 4. The number of likely N-dealkylation sites (tertiary alicyclic amines) is 1. The van der Waals surface area contributed by atoms with Gasteiger partial charge in [0.2, 0.25) is 11.8 Å². The number of nitrogens with zero attached hydrogens (tertiary/aromatic N) is 2. The van der Waals surface area contributed by atoms with E-state index in [0.29, 0.717) is 11.3 Å². The molecule has 0 bridgehead atoms. The Hall–Kier alpha value is -2.60. The van der Waals surface area contributed by atoms with Gasteiger partial charge in [-0.1, -0.05) is 43.5 Å². The Balaban J connectivity index is 1.56. The van der Waals surface area contributed by atoms with Crippen molar-refractivity contribution >= 4 is 84.4 Å². The minimum absolute atomic E-state index is 0.131. The molecule has 42 heavy (non-hydrogen) atoms. The van der Waals surface area contributed by atoms with Crippen LogP contribution in [0.2, 0.25) is 0 Å². The molecule has 2 heterocycles. The summed E-state index contributed by atoms with van der Waals surface area (Å²) in [6, 6.07) is 9.72. The van der Waals surface area contributed by atoms with Gasteiger partial charge >= 0.3 is 0 Å². The van der Waals surface area contributed by atoms with Crippen LogP contribution >= 0.6 is 55.1 Å². The third-order valence-electron chi connectivity index (χ3n) is 8.94. The van der Waals surface area contributed by atoms with E-state index in [1.165, 1.54) is 31.3 Å². The Morgan fingerprint density at radius 2 is 1.69 bits per heavy atom. The van der Waals surface area contributed by atoms with Crippen molar-refractivity contribution in [2.45, 2.75) is 28.5 Å². The lowest BCUT2D eigenvalue weighted by atomic mass is 9.56. The number of imide groups is 2. The van der Waals surface area contributed by atoms with E-state index in [2.05, 4.69) is 31.9 Å². The highest BCUT2D eigenvalue weighted by molar-refractivity contribution is 9.10. The van der Waals surface area contributed by atoms with E-state index < -0.39 is 51.1 Å². The molecule has 13 heteroatoms. The van der Waals surface area contributed by atoms with Crippen molar-refractivity contribution in [1.82, 2.24) is 4.90 Å². The highest BCUT2D eigenvalue weighted by Crippen LogP contribution is 2.67. The van der Waals surface area contributed by atoms with Crippen molar-refractivity contribution in [2.24, 2.45) is 17.8 Å². The van der Waals surface area contributed by atoms with E-state index in [1.54, 1.807) is 30.3 Å². The van der Waals surface area contributed by atoms with E-state index in [1.807, 2.05) is 0 Å². The molecule has 0 spiro atoms. The summed E-state index contributed by atoms with van der Waals surface area (Å²) in [5, 5.41) is 11.3. The largest absolute Gasteiger partial charge is 0.507 e. The smallest absolute Gasteiger partial charge is 0.254 e. The van der Waals surface area contributed by atoms with E-state index in [0.717, 1.165) is 9.37 Å². The number of hydrogen-bond donors (Lipinski definition) is 1. The molecular formula is C29H24Br2Cl2N2O7. The van der Waals surface area contributed by atoms with Gasteiger partial charge in [-0.15, -0.1) is 23.2 Å². The number of aromatic hydroxyl groups is 1. The number of rotatable bonds is 5. The number of phenols is 1. The highest BCUT2D eigenvalue weighted by Gasteiger charge is 2.76. The number of carbonyl (C=O) groups is 4. The minimum atomic E-state index is -2.08. The molecule has 1 N–H and O–H groups in total. The molecule has 1 saturated carbocycles. The van der Waals surface area contributed by atoms with E-state index in [9.17, 15) is 24.3 Å². The van der Waals surface area contributed by atoms with Gasteiger partial charge in [0, 0.05) is 28.1 Å². The standard InChI is InChI=1S/C29H24Br2Cl2N2O7/c1-41-15-9-19(36)22(20(10-15)42-2)23-16-7-8-17-21(25(38)35(24(17)37)14-5-3-13(31)4-6-14)18(16)11-28(32)26(39)34(12-30)27(40)29(23,28)33/h3-7,9-10,17-18,21,23,36H,8,11-12H2,1-2H3. The fraction of sp³-hybridized carbons (Fsp3) is 0.379. The normalized spacial score (nSPS) is 32.0. The van der Waals surface area contributed by atoms with Crippen molar-refractivity contribution in [3.05, 3.63) is 58.1 Å². The third kappa shape index (κ3) is 3.79. The minimum Gasteiger partial charge on any atom is -0.507 e. The van der Waals surface area contributed by atoms with Crippen LogP contribution in [0.5, 0.6) is 17.2 Å². The zero-order valence-electron chi connectivity index (χ0n) is 22.3. The Labute approximate surface area is 268 Å². The average Bonchev–Trinajstić information content (AvgIpc) is 3.31. The molecule has 9 nitrogen and oxygen atoms in total. The average molecular weight is 743 g/mol. The zero-order chi connectivity index (χ0) is 30.3. The van der Waals surface area contributed by atoms with Crippen LogP contribution in [0.25, 0.3) is 0 Å². The predicted octanol–water partition coefficient (Wildman–Crippen LogP) is 5.09. The first kappa shape index (κ1) is 29.5. The van der Waals surface area contributed by atoms with Crippen molar-refractivity contribution in [2.75, 3.05) is 24.6 Å². The predicted molar refractivity (Wildman–Crippen MR) is 161 cm³/mol. The number of anilines is 1. The third-order valence-corrected chi connectivity index (χ3v) is 11.4. The topological polar surface area (TPSA) is 113 Å². The summed E-state index contributed by atoms with van der Waals surface area (Å²) in [4.78, 5) is 53.6. The number of ether oxygens (including phenoxy) is 2. The fourth-order valence-corrected chi connectivity index (χ4v) is 8.75. The second-order valence-electron chi connectivity index (χ2n) is 10.7. The molecule has 6 unspecified atom stereocenters. The van der Waals surface area contributed by atoms with Crippen LogP contribution in [0.15, 0.2) is 52.5 Å². The second-order valence-corrected chi connectivity index (χ2v) is 13.4. The summed E-state index contributed by atoms with van der Waals surface area (Å²) in [5.74, 6) is -5.58. The Morgan fingerprint density at radius 3 is 2.31 bits per heavy atom. The summed E-state index contributed by atoms with van der Waals surface area (Å²) in [6.45, 7) is 0. The molecule has 2 aromatic carbocycles. The van der Waals surface area contributed by atoms with Crippen molar-refractivity contribution in [3.8, 4) is 17.2 Å². The van der Waals surface area contributed by atoms with E-state index in [-0.39, 0.29) is 47.0 Å². The molecule has 2 aliphatic heterocycles. The molecule has 2 aliphatic carbocycles. The van der Waals surface area contributed by atoms with Gasteiger partial charge < -0.3 is 14.6 Å². The summed E-state index contributed by atoms with van der Waals surface area (Å²) < 4.78 is 11.7. The number of hydrogen-bond acceptors (Lipinski definition) is 7. The Morgan fingerprint density at radius 1 is 1.00 bits per heavy atom. The monoisotopic (exact) mass is 740 g/mol. The maximum atomic E-state index is 14.1. The van der Waals surface area contributed by atoms with Gasteiger partial charge in [0.05, 0.1) is 37.2 Å². The summed E-state index contributed by atoms with van der Waals surface area (Å²) >= 11 is 21.1. The Bertz CT molecular complexity index is 1580. The molecule has 0 aromatic heterocycles. The van der Waals surface area contributed by atoms with E-state index >= 15 is 0 Å². The lowest BCUT2D eigenvalue weighted by molar-refractivity contribution is -0.138. The van der Waals surface area contributed by atoms with Crippen LogP contribution in [0.4, 0.5) is 5.69 Å². The van der Waals surface area contributed by atoms with Gasteiger partial charge in [0.1, 0.15) is 17.2 Å². The summed E-state index contributed by atoms with van der Waals surface area (Å²) in [7, 11) is 2.81. The SMILES string of the molecule is COc1cc(O)c(C2C3=CCC4C(=O)N(c5ccc(Br)cc5)C(=O)C4C3CC3(Cl)C(=O)N(CBr)C(=O)C23Cl)c(OC)c1. The zero-order valence-corrected chi connectivity index (χ0v) is 27.0. The van der Waals surface area contributed by atoms with Gasteiger partial charge in [-0.3, -0.25) is 29.0 Å². The maximum Gasteiger partial charge on any atom is 0.254 e. The molecule has 2 aromatic rings. The molecular weight excluding hydrogens is 719 g/mol. The molecule has 4 amide bonds. The number of allylic oxidation sites excluding steroid dienone is 2. The number of carbonyl (C=O) groups excluding carboxylic acids is 4. The lowest BCUT2D eigenvalue weighted by Gasteiger charge is -2.51. The molecule has 3 fully saturated rings. The van der Waals surface area contributed by atoms with Crippen LogP contribution in [0.1, 0.15) is 24.3 Å². The first-order chi connectivity index (χ1) is 19.9. The van der Waals surface area contributed by atoms with Crippen molar-refractivity contribution in [1.29, 1.82) is 0 Å². The quantitative estimate of drug-likeness (QED) is 0.197. The van der Waals surface area contributed by atoms with Crippen LogP contribution in [-0.2, 0) is 19.2 Å². The highest BCUT2D eigenvalue weighted by atomic mass is 79.9. The second kappa shape index (κ2) is 10.2. The molecule has 6 rings (SSSR count). The van der Waals surface area contributed by atoms with Gasteiger partial charge in [0.25, 0.3) is 11.8 Å². The number of alkyl halides is 3. The first-order valence-corrected chi connectivity index (χ1v) is 15.7. The van der Waals surface area contributed by atoms with Gasteiger partial charge in [-0.2, -0.15) is 0 Å². The molecule has 2 saturated heterocycles. The molecule has 220 valence electrons. The van der Waals surface area contributed by atoms with Gasteiger partial charge in [-0.05, 0) is 43.0 Å². The first-order valence-electron chi connectivity index (χ1n) is 13.0. The van der Waals surface area contributed by atoms with Gasteiger partial charge in [0.15, 0.2) is 9.75 Å². The number of phenolic OH excluding ortho intramolecular Hbond substituents is 1. The fourth-order valence-electron chi connectivity index (χ4n) is 7.08. The van der Waals surface area contributed by atoms with Crippen LogP contribution in [0.3, 0.4) is 0 Å². The molecule has 4 aliphatic rings. The van der Waals surface area contributed by atoms with Crippen LogP contribution in [-0.4, -0.2) is 63.1 Å². The lowest BCUT2D eigenvalue weighted by Crippen LogP contribution is -2.60. The van der Waals surface area contributed by atoms with E-state index in [4.69, 9.17) is 32.7 Å². The summed E-state index contributed by atoms with van der Waals surface area (Å²) in [5.41, 5.74) is 0.941. The van der Waals surface area contributed by atoms with Crippen molar-refractivity contribution < 1.29 is 33.8 Å².